The molecule has 2 aromatic rings. The van der Waals surface area contributed by atoms with Crippen molar-refractivity contribution in [2.45, 2.75) is 25.8 Å². The summed E-state index contributed by atoms with van der Waals surface area (Å²) in [6.07, 6.45) is 5.35. The fraction of sp³-hybridized carbons (Fsp3) is 0.400. The summed E-state index contributed by atoms with van der Waals surface area (Å²) in [6, 6.07) is 7.06. The van der Waals surface area contributed by atoms with Gasteiger partial charge in [-0.2, -0.15) is 14.9 Å². The highest BCUT2D eigenvalue weighted by Gasteiger charge is 2.14. The highest BCUT2D eigenvalue weighted by molar-refractivity contribution is 7.71. The summed E-state index contributed by atoms with van der Waals surface area (Å²) >= 11 is 5.24. The standard InChI is InChI=1S/C15H19N5OS/c21-13-7-3-2-6-12(13)10-16-20-14(17-18-15(20)22)11-19-8-4-1-5-9-19/h2-3,6-7,10,21H,1,4-5,8-9,11H2,(H,18,22)/b16-10+. The van der Waals surface area contributed by atoms with Gasteiger partial charge in [-0.15, -0.1) is 0 Å². The normalized spacial score (nSPS) is 16.4. The summed E-state index contributed by atoms with van der Waals surface area (Å²) in [6.45, 7) is 2.90. The first-order chi connectivity index (χ1) is 10.7. The van der Waals surface area contributed by atoms with E-state index in [-0.39, 0.29) is 5.75 Å². The average Bonchev–Trinajstić information content (AvgIpc) is 2.88. The number of aromatic hydroxyl groups is 1. The van der Waals surface area contributed by atoms with Crippen LogP contribution in [0.4, 0.5) is 0 Å². The van der Waals surface area contributed by atoms with Crippen molar-refractivity contribution in [1.82, 2.24) is 19.8 Å². The quantitative estimate of drug-likeness (QED) is 0.671. The van der Waals surface area contributed by atoms with Gasteiger partial charge in [0.25, 0.3) is 0 Å². The fourth-order valence-electron chi connectivity index (χ4n) is 2.58. The lowest BCUT2D eigenvalue weighted by Crippen LogP contribution is -2.30. The highest BCUT2D eigenvalue weighted by atomic mass is 32.1. The number of phenols is 1. The number of phenolic OH excluding ortho intramolecular Hbond substituents is 1. The summed E-state index contributed by atoms with van der Waals surface area (Å²) in [4.78, 5) is 2.36. The fourth-order valence-corrected chi connectivity index (χ4v) is 2.78. The summed E-state index contributed by atoms with van der Waals surface area (Å²) in [5, 5.41) is 21.2. The third-order valence-corrected chi connectivity index (χ3v) is 4.04. The third-order valence-electron chi connectivity index (χ3n) is 3.78. The van der Waals surface area contributed by atoms with Crippen LogP contribution in [-0.2, 0) is 6.54 Å². The average molecular weight is 317 g/mol. The molecule has 0 radical (unpaired) electrons. The van der Waals surface area contributed by atoms with E-state index in [4.69, 9.17) is 12.2 Å². The third kappa shape index (κ3) is 3.42. The number of likely N-dealkylation sites (tertiary alicyclic amines) is 1. The van der Waals surface area contributed by atoms with Crippen LogP contribution in [0.25, 0.3) is 0 Å². The molecule has 1 fully saturated rings. The maximum atomic E-state index is 9.78. The molecule has 1 saturated heterocycles. The molecule has 1 aromatic carbocycles. The van der Waals surface area contributed by atoms with E-state index >= 15 is 0 Å². The van der Waals surface area contributed by atoms with Gasteiger partial charge in [0.2, 0.25) is 4.77 Å². The Labute approximate surface area is 134 Å². The molecule has 0 atom stereocenters. The number of rotatable bonds is 4. The molecule has 0 unspecified atom stereocenters. The molecule has 1 aliphatic heterocycles. The number of para-hydroxylation sites is 1. The number of aromatic nitrogens is 3. The second-order valence-electron chi connectivity index (χ2n) is 5.40. The number of aromatic amines is 1. The lowest BCUT2D eigenvalue weighted by atomic mass is 10.1. The largest absolute Gasteiger partial charge is 0.507 e. The van der Waals surface area contributed by atoms with Gasteiger partial charge < -0.3 is 5.11 Å². The molecular formula is C15H19N5OS. The SMILES string of the molecule is Oc1ccccc1/C=N/n1c(CN2CCCCC2)n[nH]c1=S. The molecule has 7 heteroatoms. The highest BCUT2D eigenvalue weighted by Crippen LogP contribution is 2.14. The first-order valence-electron chi connectivity index (χ1n) is 7.45. The summed E-state index contributed by atoms with van der Waals surface area (Å²) in [7, 11) is 0. The minimum atomic E-state index is 0.193. The van der Waals surface area contributed by atoms with Crippen LogP contribution in [0.5, 0.6) is 5.75 Å². The minimum Gasteiger partial charge on any atom is -0.507 e. The van der Waals surface area contributed by atoms with Gasteiger partial charge in [0.1, 0.15) is 5.75 Å². The minimum absolute atomic E-state index is 0.193. The summed E-state index contributed by atoms with van der Waals surface area (Å²) in [5.41, 5.74) is 0.648. The monoisotopic (exact) mass is 317 g/mol. The van der Waals surface area contributed by atoms with Crippen molar-refractivity contribution >= 4 is 18.4 Å². The van der Waals surface area contributed by atoms with E-state index in [1.165, 1.54) is 19.3 Å². The zero-order valence-electron chi connectivity index (χ0n) is 12.3. The molecule has 0 bridgehead atoms. The Morgan fingerprint density at radius 3 is 2.82 bits per heavy atom. The Kier molecular flexibility index (Phi) is 4.65. The van der Waals surface area contributed by atoms with Gasteiger partial charge in [0.05, 0.1) is 12.8 Å². The van der Waals surface area contributed by atoms with Crippen LogP contribution in [0.15, 0.2) is 29.4 Å². The van der Waals surface area contributed by atoms with Gasteiger partial charge in [0, 0.05) is 5.56 Å². The molecule has 0 aliphatic carbocycles. The molecule has 2 N–H and O–H groups in total. The number of piperidine rings is 1. The molecular weight excluding hydrogens is 298 g/mol. The number of H-pyrrole nitrogens is 1. The summed E-state index contributed by atoms with van der Waals surface area (Å²) < 4.78 is 2.08. The molecule has 116 valence electrons. The lowest BCUT2D eigenvalue weighted by molar-refractivity contribution is 0.213. The second-order valence-corrected chi connectivity index (χ2v) is 5.78. The van der Waals surface area contributed by atoms with E-state index in [1.54, 1.807) is 29.1 Å². The number of hydrogen-bond donors (Lipinski definition) is 2. The van der Waals surface area contributed by atoms with Gasteiger partial charge in [-0.1, -0.05) is 18.6 Å². The predicted molar refractivity (Wildman–Crippen MR) is 87.6 cm³/mol. The van der Waals surface area contributed by atoms with Crippen molar-refractivity contribution < 1.29 is 5.11 Å². The van der Waals surface area contributed by atoms with Crippen LogP contribution in [0.2, 0.25) is 0 Å². The van der Waals surface area contributed by atoms with Crippen LogP contribution in [-0.4, -0.2) is 44.2 Å². The number of hydrogen-bond acceptors (Lipinski definition) is 5. The molecule has 1 aliphatic rings. The van der Waals surface area contributed by atoms with Crippen molar-refractivity contribution in [2.24, 2.45) is 5.10 Å². The number of nitrogens with zero attached hydrogens (tertiary/aromatic N) is 4. The molecule has 0 spiro atoms. The summed E-state index contributed by atoms with van der Waals surface area (Å²) in [5.74, 6) is 0.984. The molecule has 3 rings (SSSR count). The Balaban J connectivity index is 1.80. The maximum Gasteiger partial charge on any atom is 0.216 e. The van der Waals surface area contributed by atoms with E-state index in [0.29, 0.717) is 10.3 Å². The Bertz CT molecular complexity index is 715. The van der Waals surface area contributed by atoms with Crippen molar-refractivity contribution in [3.8, 4) is 5.75 Å². The van der Waals surface area contributed by atoms with Gasteiger partial charge in [-0.3, -0.25) is 10.00 Å². The van der Waals surface area contributed by atoms with Crippen LogP contribution >= 0.6 is 12.2 Å². The predicted octanol–water partition coefficient (Wildman–Crippen LogP) is 2.51. The smallest absolute Gasteiger partial charge is 0.216 e. The van der Waals surface area contributed by atoms with E-state index in [2.05, 4.69) is 20.2 Å². The van der Waals surface area contributed by atoms with E-state index < -0.39 is 0 Å². The first kappa shape index (κ1) is 14.9. The molecule has 6 nitrogen and oxygen atoms in total. The van der Waals surface area contributed by atoms with Gasteiger partial charge in [-0.25, -0.2) is 0 Å². The van der Waals surface area contributed by atoms with E-state index in [1.807, 2.05) is 6.07 Å². The van der Waals surface area contributed by atoms with Crippen LogP contribution in [0.1, 0.15) is 30.7 Å². The van der Waals surface area contributed by atoms with Crippen LogP contribution in [0.3, 0.4) is 0 Å². The second kappa shape index (κ2) is 6.85. The topological polar surface area (TPSA) is 69.4 Å². The Morgan fingerprint density at radius 1 is 1.27 bits per heavy atom. The molecule has 1 aromatic heterocycles. The van der Waals surface area contributed by atoms with Gasteiger partial charge in [0.15, 0.2) is 5.82 Å². The Hall–Kier alpha value is -1.99. The number of nitrogens with one attached hydrogen (secondary N) is 1. The first-order valence-corrected chi connectivity index (χ1v) is 7.86. The van der Waals surface area contributed by atoms with Crippen molar-refractivity contribution in [3.63, 3.8) is 0 Å². The van der Waals surface area contributed by atoms with Crippen molar-refractivity contribution in [3.05, 3.63) is 40.4 Å². The van der Waals surface area contributed by atoms with Gasteiger partial charge >= 0.3 is 0 Å². The molecule has 22 heavy (non-hydrogen) atoms. The van der Waals surface area contributed by atoms with Crippen LogP contribution < -0.4 is 0 Å². The van der Waals surface area contributed by atoms with Gasteiger partial charge in [-0.05, 0) is 50.3 Å². The molecule has 2 heterocycles. The molecule has 0 amide bonds. The van der Waals surface area contributed by atoms with Crippen molar-refractivity contribution in [1.29, 1.82) is 0 Å². The van der Waals surface area contributed by atoms with E-state index in [0.717, 1.165) is 25.5 Å². The lowest BCUT2D eigenvalue weighted by Gasteiger charge is -2.25. The zero-order chi connectivity index (χ0) is 15.4. The maximum absolute atomic E-state index is 9.78. The Morgan fingerprint density at radius 2 is 2.05 bits per heavy atom. The number of benzene rings is 1. The zero-order valence-corrected chi connectivity index (χ0v) is 13.1. The van der Waals surface area contributed by atoms with Crippen molar-refractivity contribution in [2.75, 3.05) is 13.1 Å². The van der Waals surface area contributed by atoms with Crippen LogP contribution in [0, 0.1) is 4.77 Å². The van der Waals surface area contributed by atoms with E-state index in [9.17, 15) is 5.11 Å². The molecule has 0 saturated carbocycles.